The molecule has 0 radical (unpaired) electrons. The van der Waals surface area contributed by atoms with Crippen molar-refractivity contribution in [3.8, 4) is 16.9 Å². The number of fused-ring (bicyclic) bond motifs is 4. The number of methoxy groups -OCH3 is 1. The van der Waals surface area contributed by atoms with Gasteiger partial charge in [-0.3, -0.25) is 14.2 Å². The average molecular weight is 623 g/mol. The van der Waals surface area contributed by atoms with Gasteiger partial charge in [0.15, 0.2) is 0 Å². The first kappa shape index (κ1) is 31.3. The number of amides is 2. The van der Waals surface area contributed by atoms with Gasteiger partial charge in [0.1, 0.15) is 24.4 Å². The molecule has 0 saturated carbocycles. The molecule has 0 fully saturated rings. The molecule has 0 bridgehead atoms. The lowest BCUT2D eigenvalue weighted by Crippen LogP contribution is -2.53. The molecule has 0 spiro atoms. The minimum Gasteiger partial charge on any atom is -0.467 e. The normalized spacial score (nSPS) is 18.2. The topological polar surface area (TPSA) is 149 Å². The highest BCUT2D eigenvalue weighted by Gasteiger charge is 2.33. The summed E-state index contributed by atoms with van der Waals surface area (Å²) in [5.41, 5.74) is 5.51. The zero-order chi connectivity index (χ0) is 31.4. The molecule has 2 amide bonds. The summed E-state index contributed by atoms with van der Waals surface area (Å²) in [6.45, 7) is 3.78. The molecule has 3 aromatic carbocycles. The van der Waals surface area contributed by atoms with Crippen LogP contribution in [0, 0.1) is 5.92 Å². The van der Waals surface area contributed by atoms with Crippen molar-refractivity contribution in [2.75, 3.05) is 13.7 Å². The summed E-state index contributed by atoms with van der Waals surface area (Å²) in [7, 11) is -2.93. The molecule has 3 aromatic rings. The van der Waals surface area contributed by atoms with E-state index in [1.807, 2.05) is 62.4 Å². The first-order valence-corrected chi connectivity index (χ1v) is 15.8. The number of esters is 1. The van der Waals surface area contributed by atoms with Gasteiger partial charge in [-0.15, -0.1) is 0 Å². The average Bonchev–Trinajstić information content (AvgIpc) is 3.32. The van der Waals surface area contributed by atoms with Gasteiger partial charge in [0.25, 0.3) is 0 Å². The zero-order valence-corrected chi connectivity index (χ0v) is 25.5. The van der Waals surface area contributed by atoms with E-state index in [2.05, 4.69) is 10.6 Å². The quantitative estimate of drug-likeness (QED) is 0.213. The number of hydrogen-bond donors (Lipinski definition) is 3. The maximum atomic E-state index is 13.4. The summed E-state index contributed by atoms with van der Waals surface area (Å²) in [4.78, 5) is 48.7. The molecular weight excluding hydrogens is 587 g/mol. The van der Waals surface area contributed by atoms with Crippen LogP contribution in [0.4, 0.5) is 4.79 Å². The summed E-state index contributed by atoms with van der Waals surface area (Å²) in [5.74, 6) is -1.12. The number of phosphoric acid groups is 1. The molecule has 5 rings (SSSR count). The van der Waals surface area contributed by atoms with Crippen LogP contribution in [0.5, 0.6) is 5.75 Å². The fourth-order valence-corrected chi connectivity index (χ4v) is 6.37. The van der Waals surface area contributed by atoms with Gasteiger partial charge in [-0.05, 0) is 52.3 Å². The SMILES string of the molecule is COC(=O)[C@H](Cc1ccc2c(c1)COP(=O)(O)O2)NC(=O)[C@H](CC(C)C)NC(=O)OCC1c2ccccc2-c2ccccc21. The predicted molar refractivity (Wildman–Crippen MR) is 161 cm³/mol. The number of rotatable bonds is 10. The zero-order valence-electron chi connectivity index (χ0n) is 24.6. The first-order chi connectivity index (χ1) is 21.0. The van der Waals surface area contributed by atoms with Crippen molar-refractivity contribution >= 4 is 25.8 Å². The highest BCUT2D eigenvalue weighted by atomic mass is 31.2. The van der Waals surface area contributed by atoms with Gasteiger partial charge in [-0.25, -0.2) is 14.2 Å². The van der Waals surface area contributed by atoms with E-state index in [1.165, 1.54) is 13.2 Å². The van der Waals surface area contributed by atoms with Gasteiger partial charge >= 0.3 is 19.9 Å². The summed E-state index contributed by atoms with van der Waals surface area (Å²) in [5, 5.41) is 5.40. The van der Waals surface area contributed by atoms with Crippen LogP contribution in [0.15, 0.2) is 66.7 Å². The van der Waals surface area contributed by atoms with Crippen molar-refractivity contribution in [3.63, 3.8) is 0 Å². The van der Waals surface area contributed by atoms with Crippen LogP contribution >= 0.6 is 7.82 Å². The number of alkyl carbamates (subject to hydrolysis) is 1. The number of nitrogens with one attached hydrogen (secondary N) is 2. The Kier molecular flexibility index (Phi) is 9.39. The molecule has 0 saturated heterocycles. The van der Waals surface area contributed by atoms with E-state index in [9.17, 15) is 23.8 Å². The van der Waals surface area contributed by atoms with E-state index in [4.69, 9.17) is 18.5 Å². The highest BCUT2D eigenvalue weighted by molar-refractivity contribution is 7.47. The van der Waals surface area contributed by atoms with Crippen LogP contribution in [0.3, 0.4) is 0 Å². The molecule has 12 heteroatoms. The second-order valence-corrected chi connectivity index (χ2v) is 12.6. The van der Waals surface area contributed by atoms with E-state index in [0.717, 1.165) is 22.3 Å². The van der Waals surface area contributed by atoms with Gasteiger partial charge in [0.05, 0.1) is 13.7 Å². The Bertz CT molecular complexity index is 1560. The van der Waals surface area contributed by atoms with Crippen LogP contribution in [-0.4, -0.2) is 48.7 Å². The Balaban J connectivity index is 1.25. The van der Waals surface area contributed by atoms with Crippen LogP contribution in [-0.2, 0) is 41.2 Å². The van der Waals surface area contributed by atoms with Gasteiger partial charge in [0.2, 0.25) is 5.91 Å². The third kappa shape index (κ3) is 7.13. The molecule has 232 valence electrons. The van der Waals surface area contributed by atoms with Gasteiger partial charge in [-0.1, -0.05) is 68.4 Å². The van der Waals surface area contributed by atoms with E-state index in [1.54, 1.807) is 12.1 Å². The molecule has 11 nitrogen and oxygen atoms in total. The Hall–Kier alpha value is -4.18. The Labute approximate surface area is 255 Å². The second kappa shape index (κ2) is 13.2. The van der Waals surface area contributed by atoms with Crippen molar-refractivity contribution in [3.05, 3.63) is 89.0 Å². The minimum absolute atomic E-state index is 0.0411. The molecule has 0 aromatic heterocycles. The maximum absolute atomic E-state index is 13.4. The molecule has 1 aliphatic carbocycles. The van der Waals surface area contributed by atoms with Crippen LogP contribution in [0.25, 0.3) is 11.1 Å². The van der Waals surface area contributed by atoms with Crippen LogP contribution in [0.1, 0.15) is 48.4 Å². The Morgan fingerprint density at radius 1 is 0.977 bits per heavy atom. The monoisotopic (exact) mass is 622 g/mol. The largest absolute Gasteiger partial charge is 0.527 e. The standard InChI is InChI=1S/C32H35N2O9P/c1-19(2)14-27(34-32(37)41-18-26-24-10-6-4-8-22(24)23-9-5-7-11-25(23)26)30(35)33-28(31(36)40-3)16-20-12-13-29-21(15-20)17-42-44(38,39)43-29/h4-13,15,19,26-28H,14,16-18H2,1-3H3,(H,33,35)(H,34,37)(H,38,39)/t27-,28-/m0/s1. The number of hydrogen-bond acceptors (Lipinski definition) is 8. The van der Waals surface area contributed by atoms with Crippen LogP contribution in [0.2, 0.25) is 0 Å². The number of benzene rings is 3. The number of carbonyl (C=O) groups excluding carboxylic acids is 3. The lowest BCUT2D eigenvalue weighted by atomic mass is 9.98. The van der Waals surface area contributed by atoms with E-state index < -0.39 is 37.9 Å². The van der Waals surface area contributed by atoms with E-state index in [0.29, 0.717) is 17.5 Å². The van der Waals surface area contributed by atoms with Crippen molar-refractivity contribution in [1.82, 2.24) is 10.6 Å². The highest BCUT2D eigenvalue weighted by Crippen LogP contribution is 2.50. The van der Waals surface area contributed by atoms with Crippen molar-refractivity contribution < 1.29 is 42.4 Å². The van der Waals surface area contributed by atoms with Crippen molar-refractivity contribution in [2.45, 2.75) is 51.3 Å². The van der Waals surface area contributed by atoms with Crippen molar-refractivity contribution in [2.24, 2.45) is 5.92 Å². The van der Waals surface area contributed by atoms with Gasteiger partial charge < -0.3 is 24.6 Å². The lowest BCUT2D eigenvalue weighted by molar-refractivity contribution is -0.145. The molecule has 1 aliphatic heterocycles. The fraction of sp³-hybridized carbons (Fsp3) is 0.344. The molecular formula is C32H35N2O9P. The third-order valence-corrected chi connectivity index (χ3v) is 8.51. The third-order valence-electron chi connectivity index (χ3n) is 7.62. The smallest absolute Gasteiger partial charge is 0.467 e. The first-order valence-electron chi connectivity index (χ1n) is 14.3. The Morgan fingerprint density at radius 3 is 2.27 bits per heavy atom. The van der Waals surface area contributed by atoms with Crippen LogP contribution < -0.4 is 15.2 Å². The molecule has 2 aliphatic rings. The maximum Gasteiger partial charge on any atom is 0.527 e. The van der Waals surface area contributed by atoms with Crippen molar-refractivity contribution in [1.29, 1.82) is 0 Å². The second-order valence-electron chi connectivity index (χ2n) is 11.2. The molecule has 1 heterocycles. The van der Waals surface area contributed by atoms with E-state index >= 15 is 0 Å². The lowest BCUT2D eigenvalue weighted by Gasteiger charge is -2.24. The van der Waals surface area contributed by atoms with Gasteiger partial charge in [-0.2, -0.15) is 0 Å². The predicted octanol–water partition coefficient (Wildman–Crippen LogP) is 4.85. The fourth-order valence-electron chi connectivity index (χ4n) is 5.59. The summed E-state index contributed by atoms with van der Waals surface area (Å²) in [6.07, 6.45) is -0.376. The number of ether oxygens (including phenoxy) is 2. The molecule has 3 atom stereocenters. The Morgan fingerprint density at radius 2 is 1.64 bits per heavy atom. The molecule has 3 N–H and O–H groups in total. The molecule has 44 heavy (non-hydrogen) atoms. The summed E-state index contributed by atoms with van der Waals surface area (Å²) >= 11 is 0. The van der Waals surface area contributed by atoms with Gasteiger partial charge in [0, 0.05) is 17.9 Å². The minimum atomic E-state index is -4.15. The molecule has 1 unspecified atom stereocenters. The summed E-state index contributed by atoms with van der Waals surface area (Å²) < 4.78 is 32.1. The summed E-state index contributed by atoms with van der Waals surface area (Å²) in [6, 6.07) is 18.8. The number of carbonyl (C=O) groups is 3. The number of phosphoric ester groups is 1. The van der Waals surface area contributed by atoms with E-state index in [-0.39, 0.29) is 37.2 Å².